The second-order valence-electron chi connectivity index (χ2n) is 4.77. The molecular formula is C17H17FN2O4. The molecule has 0 aliphatic carbocycles. The summed E-state index contributed by atoms with van der Waals surface area (Å²) >= 11 is 0. The van der Waals surface area contributed by atoms with Crippen LogP contribution in [0.3, 0.4) is 0 Å². The van der Waals surface area contributed by atoms with Crippen LogP contribution >= 0.6 is 0 Å². The average Bonchev–Trinajstić information content (AvgIpc) is 2.60. The quantitative estimate of drug-likeness (QED) is 0.786. The van der Waals surface area contributed by atoms with Gasteiger partial charge in [0.05, 0.1) is 6.61 Å². The Labute approximate surface area is 138 Å². The number of halogens is 1. The van der Waals surface area contributed by atoms with E-state index < -0.39 is 18.5 Å². The van der Waals surface area contributed by atoms with Crippen molar-refractivity contribution in [2.75, 3.05) is 13.2 Å². The van der Waals surface area contributed by atoms with E-state index >= 15 is 0 Å². The predicted molar refractivity (Wildman–Crippen MR) is 83.9 cm³/mol. The number of nitrogens with zero attached hydrogens (tertiary/aromatic N) is 1. The fourth-order valence-corrected chi connectivity index (χ4v) is 1.86. The molecule has 1 N–H and O–H groups in total. The summed E-state index contributed by atoms with van der Waals surface area (Å²) in [4.78, 5) is 27.7. The van der Waals surface area contributed by atoms with Gasteiger partial charge in [-0.2, -0.15) is 0 Å². The summed E-state index contributed by atoms with van der Waals surface area (Å²) in [6.07, 6.45) is 1.50. The van der Waals surface area contributed by atoms with E-state index in [1.807, 2.05) is 0 Å². The Bertz CT molecular complexity index is 704. The molecule has 0 unspecified atom stereocenters. The summed E-state index contributed by atoms with van der Waals surface area (Å²) in [7, 11) is 0. The van der Waals surface area contributed by atoms with Gasteiger partial charge in [-0.25, -0.2) is 14.2 Å². The summed E-state index contributed by atoms with van der Waals surface area (Å²) in [5.41, 5.74) is 0.896. The van der Waals surface area contributed by atoms with E-state index in [0.717, 1.165) is 5.56 Å². The first-order chi connectivity index (χ1) is 11.6. The molecule has 1 heterocycles. The molecule has 126 valence electrons. The van der Waals surface area contributed by atoms with Crippen molar-refractivity contribution in [3.63, 3.8) is 0 Å². The third-order valence-electron chi connectivity index (χ3n) is 3.01. The molecule has 2 aromatic rings. The predicted octanol–water partition coefficient (Wildman–Crippen LogP) is 2.09. The number of rotatable bonds is 7. The molecule has 24 heavy (non-hydrogen) atoms. The molecular weight excluding hydrogens is 315 g/mol. The van der Waals surface area contributed by atoms with Gasteiger partial charge in [0, 0.05) is 12.7 Å². The molecule has 0 saturated carbocycles. The Morgan fingerprint density at radius 3 is 2.67 bits per heavy atom. The van der Waals surface area contributed by atoms with Crippen molar-refractivity contribution >= 4 is 11.9 Å². The maximum atomic E-state index is 12.8. The number of carbonyl (C=O) groups is 2. The van der Waals surface area contributed by atoms with Crippen molar-refractivity contribution in [3.8, 4) is 5.88 Å². The largest absolute Gasteiger partial charge is 0.477 e. The number of hydrogen-bond acceptors (Lipinski definition) is 5. The van der Waals surface area contributed by atoms with Crippen molar-refractivity contribution in [2.45, 2.75) is 13.5 Å². The molecule has 6 nitrogen and oxygen atoms in total. The molecule has 0 aliphatic rings. The zero-order valence-electron chi connectivity index (χ0n) is 13.1. The highest BCUT2D eigenvalue weighted by Gasteiger charge is 2.16. The summed E-state index contributed by atoms with van der Waals surface area (Å²) in [5.74, 6) is -1.34. The molecule has 0 radical (unpaired) electrons. The van der Waals surface area contributed by atoms with Gasteiger partial charge in [-0.05, 0) is 36.8 Å². The van der Waals surface area contributed by atoms with E-state index in [4.69, 9.17) is 9.47 Å². The first-order valence-corrected chi connectivity index (χ1v) is 7.36. The van der Waals surface area contributed by atoms with Gasteiger partial charge < -0.3 is 14.8 Å². The Balaban J connectivity index is 1.83. The Kier molecular flexibility index (Phi) is 6.24. The van der Waals surface area contributed by atoms with Crippen LogP contribution in [0.25, 0.3) is 0 Å². The van der Waals surface area contributed by atoms with Crippen LogP contribution in [-0.4, -0.2) is 30.1 Å². The van der Waals surface area contributed by atoms with Crippen LogP contribution in [0.1, 0.15) is 22.8 Å². The molecule has 7 heteroatoms. The number of amides is 1. The van der Waals surface area contributed by atoms with Crippen LogP contribution in [0.5, 0.6) is 5.88 Å². The average molecular weight is 332 g/mol. The number of benzene rings is 1. The fraction of sp³-hybridized carbons (Fsp3) is 0.235. The summed E-state index contributed by atoms with van der Waals surface area (Å²) < 4.78 is 23.0. The third kappa shape index (κ3) is 5.05. The van der Waals surface area contributed by atoms with Gasteiger partial charge in [0.2, 0.25) is 5.88 Å². The second kappa shape index (κ2) is 8.61. The topological polar surface area (TPSA) is 77.5 Å². The molecule has 0 bridgehead atoms. The van der Waals surface area contributed by atoms with Crippen LogP contribution in [0.15, 0.2) is 42.6 Å². The van der Waals surface area contributed by atoms with Gasteiger partial charge in [-0.1, -0.05) is 12.1 Å². The summed E-state index contributed by atoms with van der Waals surface area (Å²) in [6.45, 7) is 1.91. The molecule has 1 aromatic heterocycles. The number of pyridine rings is 1. The lowest BCUT2D eigenvalue weighted by atomic mass is 10.2. The van der Waals surface area contributed by atoms with Gasteiger partial charge in [0.25, 0.3) is 5.91 Å². The molecule has 2 rings (SSSR count). The number of aromatic nitrogens is 1. The van der Waals surface area contributed by atoms with E-state index in [2.05, 4.69) is 10.3 Å². The van der Waals surface area contributed by atoms with Crippen LogP contribution in [-0.2, 0) is 16.1 Å². The van der Waals surface area contributed by atoms with Gasteiger partial charge in [0.1, 0.15) is 11.4 Å². The normalized spacial score (nSPS) is 10.1. The highest BCUT2D eigenvalue weighted by molar-refractivity contribution is 5.93. The van der Waals surface area contributed by atoms with E-state index in [1.54, 1.807) is 25.1 Å². The maximum Gasteiger partial charge on any atom is 0.344 e. The molecule has 1 amide bonds. The Hall–Kier alpha value is -2.96. The first kappa shape index (κ1) is 17.4. The second-order valence-corrected chi connectivity index (χ2v) is 4.77. The van der Waals surface area contributed by atoms with E-state index in [0.29, 0.717) is 6.61 Å². The van der Waals surface area contributed by atoms with Crippen molar-refractivity contribution in [1.29, 1.82) is 0 Å². The van der Waals surface area contributed by atoms with Crippen LogP contribution < -0.4 is 10.1 Å². The molecule has 0 atom stereocenters. The lowest BCUT2D eigenvalue weighted by Crippen LogP contribution is -2.28. The lowest BCUT2D eigenvalue weighted by molar-refractivity contribution is -0.124. The third-order valence-corrected chi connectivity index (χ3v) is 3.01. The molecule has 1 aromatic carbocycles. The number of ether oxygens (including phenoxy) is 2. The Morgan fingerprint density at radius 2 is 1.96 bits per heavy atom. The first-order valence-electron chi connectivity index (χ1n) is 7.36. The van der Waals surface area contributed by atoms with Gasteiger partial charge in [-0.15, -0.1) is 0 Å². The number of hydrogen-bond donors (Lipinski definition) is 1. The zero-order valence-corrected chi connectivity index (χ0v) is 13.1. The van der Waals surface area contributed by atoms with Crippen LogP contribution in [0.4, 0.5) is 4.39 Å². The minimum atomic E-state index is -0.691. The molecule has 0 spiro atoms. The van der Waals surface area contributed by atoms with Gasteiger partial charge in [0.15, 0.2) is 6.61 Å². The molecule has 0 saturated heterocycles. The highest BCUT2D eigenvalue weighted by atomic mass is 19.1. The molecule has 0 aliphatic heterocycles. The SMILES string of the molecule is CCOc1ncccc1C(=O)OCC(=O)NCc1ccc(F)cc1. The van der Waals surface area contributed by atoms with Gasteiger partial charge in [-0.3, -0.25) is 4.79 Å². The van der Waals surface area contributed by atoms with E-state index in [9.17, 15) is 14.0 Å². The minimum Gasteiger partial charge on any atom is -0.477 e. The maximum absolute atomic E-state index is 12.8. The van der Waals surface area contributed by atoms with Crippen molar-refractivity contribution in [2.24, 2.45) is 0 Å². The van der Waals surface area contributed by atoms with Crippen LogP contribution in [0, 0.1) is 5.82 Å². The van der Waals surface area contributed by atoms with Crippen LogP contribution in [0.2, 0.25) is 0 Å². The van der Waals surface area contributed by atoms with Gasteiger partial charge >= 0.3 is 5.97 Å². The number of nitrogens with one attached hydrogen (secondary N) is 1. The van der Waals surface area contributed by atoms with Crippen molar-refractivity contribution in [1.82, 2.24) is 10.3 Å². The van der Waals surface area contributed by atoms with E-state index in [-0.39, 0.29) is 23.8 Å². The fourth-order valence-electron chi connectivity index (χ4n) is 1.86. The monoisotopic (exact) mass is 332 g/mol. The van der Waals surface area contributed by atoms with E-state index in [1.165, 1.54) is 24.4 Å². The van der Waals surface area contributed by atoms with Crippen molar-refractivity contribution in [3.05, 3.63) is 59.5 Å². The Morgan fingerprint density at radius 1 is 1.21 bits per heavy atom. The number of esters is 1. The lowest BCUT2D eigenvalue weighted by Gasteiger charge is -2.09. The zero-order chi connectivity index (χ0) is 17.4. The van der Waals surface area contributed by atoms with Crippen molar-refractivity contribution < 1.29 is 23.5 Å². The molecule has 0 fully saturated rings. The summed E-state index contributed by atoms with van der Waals surface area (Å²) in [6, 6.07) is 8.82. The minimum absolute atomic E-state index is 0.158. The standard InChI is InChI=1S/C17H17FN2O4/c1-2-23-16-14(4-3-9-19-16)17(22)24-11-15(21)20-10-12-5-7-13(18)8-6-12/h3-9H,2,10-11H2,1H3,(H,20,21). The number of carbonyl (C=O) groups excluding carboxylic acids is 2. The summed E-state index contributed by atoms with van der Waals surface area (Å²) in [5, 5.41) is 2.58. The smallest absolute Gasteiger partial charge is 0.344 e. The highest BCUT2D eigenvalue weighted by Crippen LogP contribution is 2.15.